The van der Waals surface area contributed by atoms with E-state index in [0.717, 1.165) is 42.9 Å². The van der Waals surface area contributed by atoms with Crippen molar-refractivity contribution in [3.63, 3.8) is 0 Å². The third-order valence-electron chi connectivity index (χ3n) is 9.60. The fraction of sp³-hybridized carbons (Fsp3) is 0.833. The van der Waals surface area contributed by atoms with E-state index in [4.69, 9.17) is 0 Å². The Labute approximate surface area is 169 Å². The number of carbonyl (C=O) groups excluding carboxylic acids is 1. The highest BCUT2D eigenvalue weighted by molar-refractivity contribution is 5.95. The van der Waals surface area contributed by atoms with E-state index >= 15 is 0 Å². The summed E-state index contributed by atoms with van der Waals surface area (Å²) in [6, 6.07) is 0. The first kappa shape index (κ1) is 18.8. The topological polar surface area (TPSA) is 55.1 Å². The highest BCUT2D eigenvalue weighted by atomic mass is 16.3. The van der Waals surface area contributed by atoms with Gasteiger partial charge in [-0.25, -0.2) is 4.98 Å². The Bertz CT molecular complexity index is 768. The van der Waals surface area contributed by atoms with Gasteiger partial charge in [0.1, 0.15) is 0 Å². The molecular weight excluding hydrogens is 348 g/mol. The first-order valence-corrected chi connectivity index (χ1v) is 11.5. The molecule has 4 fully saturated rings. The van der Waals surface area contributed by atoms with Crippen LogP contribution in [-0.4, -0.2) is 26.0 Å². The maximum absolute atomic E-state index is 13.3. The summed E-state index contributed by atoms with van der Waals surface area (Å²) >= 11 is 0. The lowest BCUT2D eigenvalue weighted by Crippen LogP contribution is -2.51. The van der Waals surface area contributed by atoms with Crippen LogP contribution >= 0.6 is 0 Å². The number of ketones is 1. The van der Waals surface area contributed by atoms with E-state index in [-0.39, 0.29) is 17.1 Å². The molecule has 5 rings (SSSR count). The molecule has 0 bridgehead atoms. The molecule has 28 heavy (non-hydrogen) atoms. The number of hydrogen-bond acceptors (Lipinski definition) is 3. The standard InChI is InChI=1S/C24H36N2O2/c1-23(28)10-8-16-15(14-23)4-5-18-17(16)9-11-24(2)19(18)6-7-20(24)21(27)22-25-12-13-26(22)3/h12-13,15-20,28H,4-11,14H2,1-3H3/t15?,16-,17+,18+,19-,20+,23+,24-/m0/s1. The summed E-state index contributed by atoms with van der Waals surface area (Å²) in [6.07, 6.45) is 14.1. The van der Waals surface area contributed by atoms with Crippen LogP contribution in [0.4, 0.5) is 0 Å². The maximum Gasteiger partial charge on any atom is 0.201 e. The van der Waals surface area contributed by atoms with Gasteiger partial charge in [-0.15, -0.1) is 0 Å². The van der Waals surface area contributed by atoms with Gasteiger partial charge in [0, 0.05) is 25.4 Å². The molecule has 1 unspecified atom stereocenters. The molecule has 0 radical (unpaired) electrons. The molecule has 1 N–H and O–H groups in total. The number of imidazole rings is 1. The van der Waals surface area contributed by atoms with E-state index in [0.29, 0.717) is 11.7 Å². The van der Waals surface area contributed by atoms with E-state index < -0.39 is 5.60 Å². The Kier molecular flexibility index (Phi) is 4.32. The molecule has 4 aliphatic carbocycles. The summed E-state index contributed by atoms with van der Waals surface area (Å²) in [7, 11) is 1.94. The van der Waals surface area contributed by atoms with Crippen molar-refractivity contribution in [1.82, 2.24) is 9.55 Å². The maximum atomic E-state index is 13.3. The van der Waals surface area contributed by atoms with E-state index in [1.807, 2.05) is 24.7 Å². The Balaban J connectivity index is 1.37. The second-order valence-corrected chi connectivity index (χ2v) is 11.1. The van der Waals surface area contributed by atoms with Crippen LogP contribution in [0.5, 0.6) is 0 Å². The Morgan fingerprint density at radius 2 is 1.86 bits per heavy atom. The number of carbonyl (C=O) groups is 1. The predicted octanol–water partition coefficient (Wildman–Crippen LogP) is 4.62. The minimum atomic E-state index is -0.440. The number of fused-ring (bicyclic) bond motifs is 5. The summed E-state index contributed by atoms with van der Waals surface area (Å²) in [4.78, 5) is 17.7. The summed E-state index contributed by atoms with van der Waals surface area (Å²) < 4.78 is 1.89. The van der Waals surface area contributed by atoms with E-state index in [1.54, 1.807) is 6.20 Å². The number of hydrogen-bond donors (Lipinski definition) is 1. The normalized spacial score (nSPS) is 47.9. The van der Waals surface area contributed by atoms with Crippen LogP contribution in [0.15, 0.2) is 12.4 Å². The Morgan fingerprint density at radius 1 is 1.07 bits per heavy atom. The Hall–Kier alpha value is -1.16. The van der Waals surface area contributed by atoms with Crippen LogP contribution in [0, 0.1) is 40.9 Å². The first-order chi connectivity index (χ1) is 13.3. The van der Waals surface area contributed by atoms with Crippen molar-refractivity contribution in [2.24, 2.45) is 48.0 Å². The van der Waals surface area contributed by atoms with Crippen molar-refractivity contribution in [1.29, 1.82) is 0 Å². The third kappa shape index (κ3) is 2.74. The molecule has 0 aromatic carbocycles. The van der Waals surface area contributed by atoms with E-state index in [2.05, 4.69) is 11.9 Å². The number of Topliss-reactive ketones (excluding diaryl/α,β-unsaturated/α-hetero) is 1. The number of aromatic nitrogens is 2. The van der Waals surface area contributed by atoms with Gasteiger partial charge in [0.2, 0.25) is 5.78 Å². The third-order valence-corrected chi connectivity index (χ3v) is 9.60. The first-order valence-electron chi connectivity index (χ1n) is 11.5. The molecule has 0 aliphatic heterocycles. The number of aryl methyl sites for hydroxylation is 1. The SMILES string of the molecule is Cn1ccnc1C(=O)[C@H]1CC[C@H]2[C@@H]3CCC4C[C@](C)(O)CC[C@@H]4[C@H]3CC[C@]12C. The monoisotopic (exact) mass is 384 g/mol. The van der Waals surface area contributed by atoms with Crippen molar-refractivity contribution < 1.29 is 9.90 Å². The quantitative estimate of drug-likeness (QED) is 0.757. The Morgan fingerprint density at radius 3 is 2.61 bits per heavy atom. The minimum Gasteiger partial charge on any atom is -0.390 e. The minimum absolute atomic E-state index is 0.143. The van der Waals surface area contributed by atoms with Gasteiger partial charge >= 0.3 is 0 Å². The van der Waals surface area contributed by atoms with Crippen molar-refractivity contribution in [2.45, 2.75) is 77.2 Å². The van der Waals surface area contributed by atoms with E-state index in [1.165, 1.54) is 38.5 Å². The number of nitrogens with zero attached hydrogens (tertiary/aromatic N) is 2. The number of rotatable bonds is 2. The molecule has 8 atom stereocenters. The molecule has 0 spiro atoms. The highest BCUT2D eigenvalue weighted by Crippen LogP contribution is 2.64. The smallest absolute Gasteiger partial charge is 0.201 e. The summed E-state index contributed by atoms with van der Waals surface area (Å²) in [5.74, 6) is 4.92. The van der Waals surface area contributed by atoms with E-state index in [9.17, 15) is 9.90 Å². The molecule has 0 saturated heterocycles. The zero-order chi connectivity index (χ0) is 19.7. The van der Waals surface area contributed by atoms with Crippen LogP contribution < -0.4 is 0 Å². The van der Waals surface area contributed by atoms with Crippen molar-refractivity contribution >= 4 is 5.78 Å². The number of aliphatic hydroxyl groups is 1. The summed E-state index contributed by atoms with van der Waals surface area (Å²) in [6.45, 7) is 4.46. The van der Waals surface area contributed by atoms with Gasteiger partial charge in [0.15, 0.2) is 5.82 Å². The van der Waals surface area contributed by atoms with Crippen molar-refractivity contribution in [2.75, 3.05) is 0 Å². The van der Waals surface area contributed by atoms with Gasteiger partial charge in [0.05, 0.1) is 5.60 Å². The zero-order valence-corrected chi connectivity index (χ0v) is 17.7. The largest absolute Gasteiger partial charge is 0.390 e. The molecule has 4 heteroatoms. The van der Waals surface area contributed by atoms with Gasteiger partial charge in [-0.1, -0.05) is 6.92 Å². The highest BCUT2D eigenvalue weighted by Gasteiger charge is 2.59. The lowest BCUT2D eigenvalue weighted by atomic mass is 9.49. The van der Waals surface area contributed by atoms with Crippen LogP contribution in [0.2, 0.25) is 0 Å². The van der Waals surface area contributed by atoms with Crippen molar-refractivity contribution in [3.8, 4) is 0 Å². The van der Waals surface area contributed by atoms with Crippen LogP contribution in [-0.2, 0) is 7.05 Å². The average Bonchev–Trinajstić information content (AvgIpc) is 3.22. The fourth-order valence-corrected chi connectivity index (χ4v) is 8.27. The molecular formula is C24H36N2O2. The molecule has 4 nitrogen and oxygen atoms in total. The van der Waals surface area contributed by atoms with Gasteiger partial charge in [-0.05, 0) is 99.7 Å². The second kappa shape index (κ2) is 6.42. The van der Waals surface area contributed by atoms with Crippen LogP contribution in [0.1, 0.15) is 82.3 Å². The average molecular weight is 385 g/mol. The lowest BCUT2D eigenvalue weighted by Gasteiger charge is -2.56. The molecule has 1 aromatic rings. The summed E-state index contributed by atoms with van der Waals surface area (Å²) in [5.41, 5.74) is -0.290. The van der Waals surface area contributed by atoms with Crippen molar-refractivity contribution in [3.05, 3.63) is 18.2 Å². The molecule has 1 heterocycles. The van der Waals surface area contributed by atoms with Gasteiger partial charge in [-0.3, -0.25) is 4.79 Å². The predicted molar refractivity (Wildman–Crippen MR) is 109 cm³/mol. The fourth-order valence-electron chi connectivity index (χ4n) is 8.27. The molecule has 1 aromatic heterocycles. The summed E-state index contributed by atoms with van der Waals surface area (Å²) in [5, 5.41) is 10.6. The van der Waals surface area contributed by atoms with Crippen LogP contribution in [0.3, 0.4) is 0 Å². The molecule has 4 saturated carbocycles. The lowest BCUT2D eigenvalue weighted by molar-refractivity contribution is -0.0976. The van der Waals surface area contributed by atoms with Gasteiger partial charge < -0.3 is 9.67 Å². The molecule has 154 valence electrons. The van der Waals surface area contributed by atoms with Gasteiger partial charge in [0.25, 0.3) is 0 Å². The molecule has 4 aliphatic rings. The zero-order valence-electron chi connectivity index (χ0n) is 17.7. The second-order valence-electron chi connectivity index (χ2n) is 11.1. The van der Waals surface area contributed by atoms with Crippen LogP contribution in [0.25, 0.3) is 0 Å². The molecule has 0 amide bonds. The van der Waals surface area contributed by atoms with Gasteiger partial charge in [-0.2, -0.15) is 0 Å².